The molecule has 0 radical (unpaired) electrons. The summed E-state index contributed by atoms with van der Waals surface area (Å²) in [5, 5.41) is 9.22. The summed E-state index contributed by atoms with van der Waals surface area (Å²) >= 11 is 0. The van der Waals surface area contributed by atoms with Crippen molar-refractivity contribution in [1.29, 1.82) is 0 Å². The molecule has 4 nitrogen and oxygen atoms in total. The van der Waals surface area contributed by atoms with E-state index in [-0.39, 0.29) is 12.4 Å². The summed E-state index contributed by atoms with van der Waals surface area (Å²) in [6.45, 7) is 7.77. The van der Waals surface area contributed by atoms with Crippen LogP contribution in [0.2, 0.25) is 0 Å². The van der Waals surface area contributed by atoms with Gasteiger partial charge >= 0.3 is 5.97 Å². The maximum atomic E-state index is 11.2. The van der Waals surface area contributed by atoms with Crippen LogP contribution in [0.15, 0.2) is 12.3 Å². The molecule has 0 atom stereocenters. The lowest BCUT2D eigenvalue weighted by atomic mass is 10.1. The van der Waals surface area contributed by atoms with Gasteiger partial charge in [-0.1, -0.05) is 13.8 Å². The van der Waals surface area contributed by atoms with E-state index in [4.69, 9.17) is 0 Å². The Morgan fingerprint density at radius 1 is 1.33 bits per heavy atom. The van der Waals surface area contributed by atoms with Crippen LogP contribution in [0.3, 0.4) is 0 Å². The number of anilines is 1. The molecule has 0 saturated carbocycles. The molecule has 1 heterocycles. The van der Waals surface area contributed by atoms with E-state index in [2.05, 4.69) is 23.7 Å². The fourth-order valence-corrected chi connectivity index (χ4v) is 2.01. The molecule has 1 N–H and O–H groups in total. The standard InChI is InChI=1S/C13H20N2O2.ClH/c1-4-8-15(9-5-2)12-10(3)14-7-6-11(12)13(16)17;/h6-7H,4-5,8-9H2,1-3H3,(H,16,17);1H. The fourth-order valence-electron chi connectivity index (χ4n) is 2.01. The van der Waals surface area contributed by atoms with Crippen LogP contribution in [0.1, 0.15) is 42.7 Å². The number of hydrogen-bond donors (Lipinski definition) is 1. The van der Waals surface area contributed by atoms with Crippen molar-refractivity contribution in [1.82, 2.24) is 4.98 Å². The summed E-state index contributed by atoms with van der Waals surface area (Å²) in [7, 11) is 0. The number of pyridine rings is 1. The second-order valence-electron chi connectivity index (χ2n) is 4.08. The van der Waals surface area contributed by atoms with E-state index < -0.39 is 5.97 Å². The first-order chi connectivity index (χ1) is 8.11. The molecule has 1 aromatic heterocycles. The van der Waals surface area contributed by atoms with Crippen LogP contribution >= 0.6 is 12.4 Å². The quantitative estimate of drug-likeness (QED) is 0.864. The number of carboxylic acid groups (broad SMARTS) is 1. The second kappa shape index (κ2) is 7.93. The predicted molar refractivity (Wildman–Crippen MR) is 76.0 cm³/mol. The van der Waals surface area contributed by atoms with Crippen molar-refractivity contribution in [2.75, 3.05) is 18.0 Å². The number of carbonyl (C=O) groups is 1. The summed E-state index contributed by atoms with van der Waals surface area (Å²) in [4.78, 5) is 17.6. The Morgan fingerprint density at radius 2 is 1.89 bits per heavy atom. The molecular formula is C13H21ClN2O2. The van der Waals surface area contributed by atoms with Gasteiger partial charge in [-0.05, 0) is 25.8 Å². The largest absolute Gasteiger partial charge is 0.478 e. The minimum Gasteiger partial charge on any atom is -0.478 e. The molecule has 18 heavy (non-hydrogen) atoms. The van der Waals surface area contributed by atoms with Gasteiger partial charge in [0.2, 0.25) is 0 Å². The Balaban J connectivity index is 0.00000289. The molecule has 0 fully saturated rings. The topological polar surface area (TPSA) is 53.4 Å². The first kappa shape index (κ1) is 16.7. The Morgan fingerprint density at radius 3 is 2.33 bits per heavy atom. The number of nitrogens with zero attached hydrogens (tertiary/aromatic N) is 2. The molecule has 102 valence electrons. The zero-order valence-corrected chi connectivity index (χ0v) is 12.0. The van der Waals surface area contributed by atoms with E-state index in [1.807, 2.05) is 6.92 Å². The molecule has 0 unspecified atom stereocenters. The Bertz CT molecular complexity index is 391. The maximum Gasteiger partial charge on any atom is 0.337 e. The van der Waals surface area contributed by atoms with Gasteiger partial charge in [-0.2, -0.15) is 0 Å². The van der Waals surface area contributed by atoms with Gasteiger partial charge in [0.1, 0.15) is 0 Å². The third kappa shape index (κ3) is 3.88. The summed E-state index contributed by atoms with van der Waals surface area (Å²) in [5.74, 6) is -0.886. The smallest absolute Gasteiger partial charge is 0.337 e. The number of rotatable bonds is 6. The van der Waals surface area contributed by atoms with Crippen LogP contribution in [0.25, 0.3) is 0 Å². The van der Waals surface area contributed by atoms with Crippen LogP contribution in [-0.4, -0.2) is 29.1 Å². The molecule has 0 saturated heterocycles. The van der Waals surface area contributed by atoms with Gasteiger partial charge in [-0.25, -0.2) is 4.79 Å². The highest BCUT2D eigenvalue weighted by Crippen LogP contribution is 2.24. The highest BCUT2D eigenvalue weighted by molar-refractivity contribution is 5.94. The average molecular weight is 273 g/mol. The Kier molecular flexibility index (Phi) is 7.36. The number of halogens is 1. The molecule has 0 aliphatic heterocycles. The average Bonchev–Trinajstić information content (AvgIpc) is 2.28. The monoisotopic (exact) mass is 272 g/mol. The molecule has 0 amide bonds. The number of aromatic carboxylic acids is 1. The van der Waals surface area contributed by atoms with Crippen molar-refractivity contribution < 1.29 is 9.90 Å². The SMILES string of the molecule is CCCN(CCC)c1c(C(=O)O)ccnc1C.Cl. The number of carboxylic acids is 1. The predicted octanol–water partition coefficient (Wildman–Crippen LogP) is 3.14. The molecule has 0 aliphatic carbocycles. The first-order valence-electron chi connectivity index (χ1n) is 6.05. The number of aromatic nitrogens is 1. The van der Waals surface area contributed by atoms with Crippen molar-refractivity contribution in [3.8, 4) is 0 Å². The van der Waals surface area contributed by atoms with Crippen LogP contribution < -0.4 is 4.90 Å². The minimum atomic E-state index is -0.886. The van der Waals surface area contributed by atoms with Crippen molar-refractivity contribution in [3.63, 3.8) is 0 Å². The highest BCUT2D eigenvalue weighted by Gasteiger charge is 2.17. The van der Waals surface area contributed by atoms with Gasteiger partial charge in [0.25, 0.3) is 0 Å². The second-order valence-corrected chi connectivity index (χ2v) is 4.08. The zero-order valence-electron chi connectivity index (χ0n) is 11.1. The zero-order chi connectivity index (χ0) is 12.8. The van der Waals surface area contributed by atoms with E-state index in [1.54, 1.807) is 12.3 Å². The maximum absolute atomic E-state index is 11.2. The van der Waals surface area contributed by atoms with Gasteiger partial charge in [0.05, 0.1) is 16.9 Å². The van der Waals surface area contributed by atoms with Gasteiger partial charge in [-0.3, -0.25) is 4.98 Å². The molecular weight excluding hydrogens is 252 g/mol. The van der Waals surface area contributed by atoms with Crippen molar-refractivity contribution >= 4 is 24.1 Å². The molecule has 0 aliphatic rings. The van der Waals surface area contributed by atoms with E-state index >= 15 is 0 Å². The van der Waals surface area contributed by atoms with E-state index in [1.165, 1.54) is 0 Å². The highest BCUT2D eigenvalue weighted by atomic mass is 35.5. The molecule has 5 heteroatoms. The Labute approximate surface area is 114 Å². The summed E-state index contributed by atoms with van der Waals surface area (Å²) in [5.41, 5.74) is 1.90. The van der Waals surface area contributed by atoms with Crippen LogP contribution in [-0.2, 0) is 0 Å². The van der Waals surface area contributed by atoms with Gasteiger partial charge < -0.3 is 10.0 Å². The number of aryl methyl sites for hydroxylation is 1. The van der Waals surface area contributed by atoms with Crippen LogP contribution in [0.5, 0.6) is 0 Å². The van der Waals surface area contributed by atoms with Gasteiger partial charge in [0.15, 0.2) is 0 Å². The summed E-state index contributed by atoms with van der Waals surface area (Å²) in [6.07, 6.45) is 3.54. The van der Waals surface area contributed by atoms with E-state index in [9.17, 15) is 9.90 Å². The first-order valence-corrected chi connectivity index (χ1v) is 6.05. The molecule has 0 bridgehead atoms. The van der Waals surface area contributed by atoms with Crippen molar-refractivity contribution in [2.24, 2.45) is 0 Å². The molecule has 0 aromatic carbocycles. The van der Waals surface area contributed by atoms with Crippen molar-refractivity contribution in [3.05, 3.63) is 23.5 Å². The fraction of sp³-hybridized carbons (Fsp3) is 0.538. The summed E-state index contributed by atoms with van der Waals surface area (Å²) in [6, 6.07) is 1.57. The van der Waals surface area contributed by atoms with Gasteiger partial charge in [0, 0.05) is 19.3 Å². The minimum absolute atomic E-state index is 0. The third-order valence-corrected chi connectivity index (χ3v) is 2.64. The molecule has 1 rings (SSSR count). The molecule has 1 aromatic rings. The molecule has 0 spiro atoms. The van der Waals surface area contributed by atoms with Crippen LogP contribution in [0, 0.1) is 6.92 Å². The Hall–Kier alpha value is -1.29. The number of hydrogen-bond acceptors (Lipinski definition) is 3. The lowest BCUT2D eigenvalue weighted by molar-refractivity contribution is 0.0697. The van der Waals surface area contributed by atoms with Gasteiger partial charge in [-0.15, -0.1) is 12.4 Å². The van der Waals surface area contributed by atoms with Crippen molar-refractivity contribution in [2.45, 2.75) is 33.6 Å². The lowest BCUT2D eigenvalue weighted by Gasteiger charge is -2.26. The lowest BCUT2D eigenvalue weighted by Crippen LogP contribution is -2.28. The van der Waals surface area contributed by atoms with Crippen LogP contribution in [0.4, 0.5) is 5.69 Å². The van der Waals surface area contributed by atoms with E-state index in [0.29, 0.717) is 5.56 Å². The van der Waals surface area contributed by atoms with E-state index in [0.717, 1.165) is 37.3 Å². The third-order valence-electron chi connectivity index (χ3n) is 2.64. The summed E-state index contributed by atoms with van der Waals surface area (Å²) < 4.78 is 0. The normalized spacial score (nSPS) is 9.72.